The monoisotopic (exact) mass is 370 g/mol. The Labute approximate surface area is 142 Å². The van der Waals surface area contributed by atoms with E-state index in [0.717, 1.165) is 15.7 Å². The van der Waals surface area contributed by atoms with Gasteiger partial charge in [-0.3, -0.25) is 9.20 Å². The van der Waals surface area contributed by atoms with Crippen LogP contribution < -0.4 is 5.43 Å². The van der Waals surface area contributed by atoms with Crippen LogP contribution in [0.4, 0.5) is 0 Å². The fraction of sp³-hybridized carbons (Fsp3) is 0.118. The third-order valence-electron chi connectivity index (χ3n) is 3.43. The van der Waals surface area contributed by atoms with Crippen LogP contribution in [0.15, 0.2) is 52.2 Å². The number of carbonyl (C=O) groups excluding carboxylic acids is 1. The number of hydrazone groups is 1. The molecular weight excluding hydrogens is 356 g/mol. The minimum Gasteiger partial charge on any atom is -0.294 e. The zero-order valence-electron chi connectivity index (χ0n) is 12.7. The third kappa shape index (κ3) is 3.32. The summed E-state index contributed by atoms with van der Waals surface area (Å²) in [7, 11) is 0. The van der Waals surface area contributed by atoms with E-state index < -0.39 is 0 Å². The molecule has 1 N–H and O–H groups in total. The van der Waals surface area contributed by atoms with E-state index in [9.17, 15) is 4.79 Å². The second-order valence-corrected chi connectivity index (χ2v) is 6.15. The molecule has 0 saturated heterocycles. The highest BCUT2D eigenvalue weighted by Gasteiger charge is 2.16. The van der Waals surface area contributed by atoms with Crippen molar-refractivity contribution in [2.24, 2.45) is 5.10 Å². The molecule has 0 spiro atoms. The molecule has 23 heavy (non-hydrogen) atoms. The summed E-state index contributed by atoms with van der Waals surface area (Å²) >= 11 is 3.40. The lowest BCUT2D eigenvalue weighted by molar-refractivity contribution is 0.0948. The average Bonchev–Trinajstić information content (AvgIpc) is 2.84. The zero-order valence-corrected chi connectivity index (χ0v) is 14.3. The highest BCUT2D eigenvalue weighted by atomic mass is 79.9. The number of pyridine rings is 1. The number of carbonyl (C=O) groups is 1. The van der Waals surface area contributed by atoms with Gasteiger partial charge in [0.1, 0.15) is 11.3 Å². The number of hydrogen-bond acceptors (Lipinski definition) is 3. The number of aryl methyl sites for hydroxylation is 2. The molecular formula is C17H15BrN4O. The molecule has 116 valence electrons. The lowest BCUT2D eigenvalue weighted by Crippen LogP contribution is -2.20. The molecule has 0 aliphatic rings. The largest absolute Gasteiger partial charge is 0.294 e. The number of nitrogens with one attached hydrogen (secondary N) is 1. The summed E-state index contributed by atoms with van der Waals surface area (Å²) in [5.74, 6) is -0.295. The van der Waals surface area contributed by atoms with Crippen molar-refractivity contribution in [1.29, 1.82) is 0 Å². The lowest BCUT2D eigenvalue weighted by atomic mass is 10.2. The van der Waals surface area contributed by atoms with Gasteiger partial charge in [0, 0.05) is 10.7 Å². The van der Waals surface area contributed by atoms with E-state index >= 15 is 0 Å². The van der Waals surface area contributed by atoms with Gasteiger partial charge >= 0.3 is 0 Å². The van der Waals surface area contributed by atoms with Crippen LogP contribution in [0.25, 0.3) is 5.65 Å². The zero-order chi connectivity index (χ0) is 16.4. The van der Waals surface area contributed by atoms with Crippen LogP contribution in [-0.4, -0.2) is 21.5 Å². The van der Waals surface area contributed by atoms with Crippen LogP contribution in [0.1, 0.15) is 27.3 Å². The Morgan fingerprint density at radius 3 is 2.70 bits per heavy atom. The molecule has 0 aliphatic heterocycles. The van der Waals surface area contributed by atoms with Gasteiger partial charge in [0.05, 0.1) is 11.9 Å². The number of amides is 1. The number of halogens is 1. The minimum atomic E-state index is -0.295. The van der Waals surface area contributed by atoms with Gasteiger partial charge in [0.25, 0.3) is 5.91 Å². The van der Waals surface area contributed by atoms with Gasteiger partial charge in [-0.05, 0) is 47.5 Å². The van der Waals surface area contributed by atoms with Gasteiger partial charge in [-0.15, -0.1) is 0 Å². The lowest BCUT2D eigenvalue weighted by Gasteiger charge is -2.02. The molecule has 3 aromatic rings. The fourth-order valence-electron chi connectivity index (χ4n) is 2.28. The summed E-state index contributed by atoms with van der Waals surface area (Å²) in [6.07, 6.45) is 3.43. The molecule has 6 heteroatoms. The summed E-state index contributed by atoms with van der Waals surface area (Å²) in [5, 5.41) is 4.02. The molecule has 0 saturated carbocycles. The number of nitrogens with zero attached hydrogens (tertiary/aromatic N) is 3. The van der Waals surface area contributed by atoms with Gasteiger partial charge in [-0.2, -0.15) is 5.10 Å². The van der Waals surface area contributed by atoms with Crippen molar-refractivity contribution in [3.8, 4) is 0 Å². The Hall–Kier alpha value is -2.47. The Kier molecular flexibility index (Phi) is 4.25. The highest BCUT2D eigenvalue weighted by Crippen LogP contribution is 2.16. The maximum Gasteiger partial charge on any atom is 0.290 e. The molecule has 0 fully saturated rings. The number of benzene rings is 1. The maximum atomic E-state index is 12.4. The van der Waals surface area contributed by atoms with Gasteiger partial charge in [-0.25, -0.2) is 10.4 Å². The number of imidazole rings is 1. The van der Waals surface area contributed by atoms with Crippen molar-refractivity contribution >= 4 is 33.7 Å². The van der Waals surface area contributed by atoms with Gasteiger partial charge in [0.2, 0.25) is 0 Å². The Bertz CT molecular complexity index is 897. The van der Waals surface area contributed by atoms with E-state index in [2.05, 4.69) is 31.4 Å². The maximum absolute atomic E-state index is 12.4. The van der Waals surface area contributed by atoms with Crippen LogP contribution in [0.2, 0.25) is 0 Å². The van der Waals surface area contributed by atoms with Crippen LogP contribution in [0.5, 0.6) is 0 Å². The molecule has 2 aromatic heterocycles. The van der Waals surface area contributed by atoms with E-state index in [1.54, 1.807) is 17.5 Å². The van der Waals surface area contributed by atoms with E-state index in [1.807, 2.05) is 49.5 Å². The molecule has 0 unspecified atom stereocenters. The summed E-state index contributed by atoms with van der Waals surface area (Å²) in [5.41, 5.74) is 6.51. The summed E-state index contributed by atoms with van der Waals surface area (Å²) in [6, 6.07) is 11.6. The molecule has 1 aromatic carbocycles. The predicted octanol–water partition coefficient (Wildman–Crippen LogP) is 3.48. The molecule has 5 nitrogen and oxygen atoms in total. The Balaban J connectivity index is 1.82. The first-order valence-corrected chi connectivity index (χ1v) is 7.88. The van der Waals surface area contributed by atoms with E-state index in [4.69, 9.17) is 0 Å². The van der Waals surface area contributed by atoms with Crippen molar-refractivity contribution in [2.45, 2.75) is 13.8 Å². The van der Waals surface area contributed by atoms with E-state index in [0.29, 0.717) is 11.4 Å². The van der Waals surface area contributed by atoms with Crippen LogP contribution >= 0.6 is 15.9 Å². The Morgan fingerprint density at radius 2 is 1.96 bits per heavy atom. The normalized spacial score (nSPS) is 11.3. The first-order valence-electron chi connectivity index (χ1n) is 7.09. The van der Waals surface area contributed by atoms with E-state index in [1.165, 1.54) is 5.56 Å². The van der Waals surface area contributed by atoms with Crippen LogP contribution in [-0.2, 0) is 0 Å². The number of hydrogen-bond donors (Lipinski definition) is 1. The molecule has 2 heterocycles. The number of fused-ring (bicyclic) bond motifs is 1. The molecule has 0 atom stereocenters. The number of rotatable bonds is 3. The first kappa shape index (κ1) is 15.4. The summed E-state index contributed by atoms with van der Waals surface area (Å²) in [6.45, 7) is 3.83. The SMILES string of the molecule is Cc1ccc(C=NNC(=O)c2c(C)nc3ccc(Br)cn23)cc1. The highest BCUT2D eigenvalue weighted by molar-refractivity contribution is 9.10. The van der Waals surface area contributed by atoms with Crippen molar-refractivity contribution in [2.75, 3.05) is 0 Å². The summed E-state index contributed by atoms with van der Waals surface area (Å²) < 4.78 is 2.62. The molecule has 0 bridgehead atoms. The second kappa shape index (κ2) is 6.34. The molecule has 0 radical (unpaired) electrons. The average molecular weight is 371 g/mol. The Morgan fingerprint density at radius 1 is 1.22 bits per heavy atom. The standard InChI is InChI=1S/C17H15BrN4O/c1-11-3-5-13(6-4-11)9-19-21-17(23)16-12(2)20-15-8-7-14(18)10-22(15)16/h3-10H,1-2H3,(H,21,23). The van der Waals surface area contributed by atoms with Crippen molar-refractivity contribution in [3.63, 3.8) is 0 Å². The molecule has 0 aliphatic carbocycles. The fourth-order valence-corrected chi connectivity index (χ4v) is 2.62. The minimum absolute atomic E-state index is 0.295. The first-order chi connectivity index (χ1) is 11.0. The predicted molar refractivity (Wildman–Crippen MR) is 93.9 cm³/mol. The van der Waals surface area contributed by atoms with Crippen molar-refractivity contribution in [1.82, 2.24) is 14.8 Å². The van der Waals surface area contributed by atoms with Crippen molar-refractivity contribution < 1.29 is 4.79 Å². The van der Waals surface area contributed by atoms with Gasteiger partial charge in [-0.1, -0.05) is 29.8 Å². The van der Waals surface area contributed by atoms with E-state index in [-0.39, 0.29) is 5.91 Å². The molecule has 1 amide bonds. The second-order valence-electron chi connectivity index (χ2n) is 5.23. The topological polar surface area (TPSA) is 58.8 Å². The quantitative estimate of drug-likeness (QED) is 0.566. The molecule has 3 rings (SSSR count). The van der Waals surface area contributed by atoms with Gasteiger partial charge in [0.15, 0.2) is 0 Å². The smallest absolute Gasteiger partial charge is 0.290 e. The van der Waals surface area contributed by atoms with Gasteiger partial charge < -0.3 is 0 Å². The van der Waals surface area contributed by atoms with Crippen molar-refractivity contribution in [3.05, 3.63) is 69.6 Å². The van der Waals surface area contributed by atoms with Crippen LogP contribution in [0, 0.1) is 13.8 Å². The summed E-state index contributed by atoms with van der Waals surface area (Å²) in [4.78, 5) is 16.8. The third-order valence-corrected chi connectivity index (χ3v) is 3.90. The van der Waals surface area contributed by atoms with Crippen LogP contribution in [0.3, 0.4) is 0 Å². The number of aromatic nitrogens is 2.